The molecule has 0 aliphatic carbocycles. The van der Waals surface area contributed by atoms with Crippen LogP contribution in [0.3, 0.4) is 0 Å². The molecule has 1 amide bonds. The summed E-state index contributed by atoms with van der Waals surface area (Å²) in [5.74, 6) is 0.111. The first-order valence-corrected chi connectivity index (χ1v) is 5.23. The van der Waals surface area contributed by atoms with Gasteiger partial charge in [0.1, 0.15) is 5.76 Å². The lowest BCUT2D eigenvalue weighted by Crippen LogP contribution is -2.36. The molecular formula is C10H15N3O3. The predicted octanol–water partition coefficient (Wildman–Crippen LogP) is -0.0859. The topological polar surface area (TPSA) is 81.6 Å². The zero-order valence-corrected chi connectivity index (χ0v) is 9.23. The molecule has 6 nitrogen and oxygen atoms in total. The van der Waals surface area contributed by atoms with Gasteiger partial charge in [0.2, 0.25) is 0 Å². The van der Waals surface area contributed by atoms with E-state index >= 15 is 0 Å². The van der Waals surface area contributed by atoms with E-state index in [1.54, 1.807) is 6.92 Å². The van der Waals surface area contributed by atoms with Crippen LogP contribution in [0.15, 0.2) is 4.52 Å². The van der Waals surface area contributed by atoms with Crippen molar-refractivity contribution in [2.45, 2.75) is 13.5 Å². The molecule has 0 aromatic carbocycles. The highest BCUT2D eigenvalue weighted by Crippen LogP contribution is 2.16. The van der Waals surface area contributed by atoms with Crippen LogP contribution in [0.4, 0.5) is 0 Å². The number of ether oxygens (including phenoxy) is 1. The lowest BCUT2D eigenvalue weighted by Gasteiger charge is -2.26. The van der Waals surface area contributed by atoms with Crippen LogP contribution in [0.2, 0.25) is 0 Å². The Morgan fingerprint density at radius 1 is 1.50 bits per heavy atom. The first-order valence-electron chi connectivity index (χ1n) is 5.23. The quantitative estimate of drug-likeness (QED) is 0.777. The molecule has 2 rings (SSSR count). The third-order valence-corrected chi connectivity index (χ3v) is 2.70. The summed E-state index contributed by atoms with van der Waals surface area (Å²) in [6.45, 7) is 5.56. The number of carbonyl (C=O) groups excluding carboxylic acids is 1. The van der Waals surface area contributed by atoms with Crippen LogP contribution in [0.5, 0.6) is 0 Å². The molecule has 1 fully saturated rings. The molecule has 1 aromatic heterocycles. The van der Waals surface area contributed by atoms with E-state index in [1.165, 1.54) is 0 Å². The van der Waals surface area contributed by atoms with E-state index in [0.717, 1.165) is 31.9 Å². The van der Waals surface area contributed by atoms with Crippen molar-refractivity contribution in [3.05, 3.63) is 17.0 Å². The van der Waals surface area contributed by atoms with E-state index in [-0.39, 0.29) is 5.69 Å². The number of primary amides is 1. The first-order chi connectivity index (χ1) is 7.68. The van der Waals surface area contributed by atoms with Gasteiger partial charge in [0.15, 0.2) is 5.69 Å². The van der Waals surface area contributed by atoms with Gasteiger partial charge in [-0.15, -0.1) is 0 Å². The van der Waals surface area contributed by atoms with Crippen LogP contribution in [-0.2, 0) is 11.3 Å². The zero-order chi connectivity index (χ0) is 11.5. The van der Waals surface area contributed by atoms with Gasteiger partial charge in [-0.25, -0.2) is 0 Å². The van der Waals surface area contributed by atoms with E-state index in [0.29, 0.717) is 12.3 Å². The number of hydrogen-bond donors (Lipinski definition) is 1. The molecule has 2 heterocycles. The smallest absolute Gasteiger partial charge is 0.271 e. The summed E-state index contributed by atoms with van der Waals surface area (Å²) in [5.41, 5.74) is 6.25. The van der Waals surface area contributed by atoms with E-state index in [9.17, 15) is 4.79 Å². The van der Waals surface area contributed by atoms with Crippen molar-refractivity contribution in [3.63, 3.8) is 0 Å². The number of amides is 1. The monoisotopic (exact) mass is 225 g/mol. The minimum absolute atomic E-state index is 0.240. The normalized spacial score (nSPS) is 17.6. The number of rotatable bonds is 3. The Labute approximate surface area is 93.3 Å². The molecule has 0 saturated carbocycles. The molecule has 1 aliphatic heterocycles. The van der Waals surface area contributed by atoms with Crippen molar-refractivity contribution in [1.82, 2.24) is 10.1 Å². The lowest BCUT2D eigenvalue weighted by molar-refractivity contribution is 0.0339. The number of nitrogens with zero attached hydrogens (tertiary/aromatic N) is 2. The van der Waals surface area contributed by atoms with Gasteiger partial charge < -0.3 is 15.0 Å². The fraction of sp³-hybridized carbons (Fsp3) is 0.600. The Kier molecular flexibility index (Phi) is 3.21. The number of nitrogens with two attached hydrogens (primary N) is 1. The fourth-order valence-electron chi connectivity index (χ4n) is 1.75. The van der Waals surface area contributed by atoms with Crippen LogP contribution in [0.1, 0.15) is 21.8 Å². The lowest BCUT2D eigenvalue weighted by atomic mass is 10.1. The first kappa shape index (κ1) is 11.1. The Bertz CT molecular complexity index is 383. The molecule has 6 heteroatoms. The molecule has 0 radical (unpaired) electrons. The molecule has 1 saturated heterocycles. The second-order valence-corrected chi connectivity index (χ2v) is 3.82. The standard InChI is InChI=1S/C10H15N3O3/c1-7-8(9(10(11)14)12-16-7)6-13-2-4-15-5-3-13/h2-6H2,1H3,(H2,11,14). The van der Waals surface area contributed by atoms with Gasteiger partial charge >= 0.3 is 0 Å². The van der Waals surface area contributed by atoms with Crippen molar-refractivity contribution in [2.75, 3.05) is 26.3 Å². The number of morpholine rings is 1. The summed E-state index contributed by atoms with van der Waals surface area (Å²) in [7, 11) is 0. The summed E-state index contributed by atoms with van der Waals surface area (Å²) in [5, 5.41) is 3.67. The molecule has 88 valence electrons. The molecule has 0 spiro atoms. The van der Waals surface area contributed by atoms with Crippen molar-refractivity contribution >= 4 is 5.91 Å². The SMILES string of the molecule is Cc1onc(C(N)=O)c1CN1CCOCC1. The number of carbonyl (C=O) groups is 1. The van der Waals surface area contributed by atoms with Gasteiger partial charge in [-0.2, -0.15) is 0 Å². The Hall–Kier alpha value is -1.40. The Morgan fingerprint density at radius 2 is 2.19 bits per heavy atom. The number of hydrogen-bond acceptors (Lipinski definition) is 5. The van der Waals surface area contributed by atoms with Gasteiger partial charge in [0.25, 0.3) is 5.91 Å². The maximum Gasteiger partial charge on any atom is 0.271 e. The predicted molar refractivity (Wildman–Crippen MR) is 55.9 cm³/mol. The molecule has 16 heavy (non-hydrogen) atoms. The maximum absolute atomic E-state index is 11.1. The second kappa shape index (κ2) is 4.63. The highest BCUT2D eigenvalue weighted by Gasteiger charge is 2.20. The molecule has 1 aliphatic rings. The summed E-state index contributed by atoms with van der Waals surface area (Å²) >= 11 is 0. The van der Waals surface area contributed by atoms with Gasteiger partial charge in [-0.3, -0.25) is 9.69 Å². The summed E-state index contributed by atoms with van der Waals surface area (Å²) in [6, 6.07) is 0. The third-order valence-electron chi connectivity index (χ3n) is 2.70. The van der Waals surface area contributed by atoms with E-state index in [2.05, 4.69) is 10.1 Å². The van der Waals surface area contributed by atoms with Gasteiger partial charge in [-0.05, 0) is 6.92 Å². The van der Waals surface area contributed by atoms with Crippen molar-refractivity contribution in [3.8, 4) is 0 Å². The van der Waals surface area contributed by atoms with Crippen LogP contribution >= 0.6 is 0 Å². The highest BCUT2D eigenvalue weighted by molar-refractivity contribution is 5.92. The fourth-order valence-corrected chi connectivity index (χ4v) is 1.75. The van der Waals surface area contributed by atoms with Gasteiger partial charge in [-0.1, -0.05) is 5.16 Å². The second-order valence-electron chi connectivity index (χ2n) is 3.82. The van der Waals surface area contributed by atoms with E-state index in [4.69, 9.17) is 15.0 Å². The third kappa shape index (κ3) is 2.23. The van der Waals surface area contributed by atoms with Crippen molar-refractivity contribution in [1.29, 1.82) is 0 Å². The summed E-state index contributed by atoms with van der Waals surface area (Å²) < 4.78 is 10.2. The number of aryl methyl sites for hydroxylation is 1. The van der Waals surface area contributed by atoms with Crippen LogP contribution in [-0.4, -0.2) is 42.3 Å². The Morgan fingerprint density at radius 3 is 2.81 bits per heavy atom. The molecule has 2 N–H and O–H groups in total. The minimum Gasteiger partial charge on any atom is -0.379 e. The van der Waals surface area contributed by atoms with E-state index < -0.39 is 5.91 Å². The van der Waals surface area contributed by atoms with Crippen molar-refractivity contribution < 1.29 is 14.1 Å². The van der Waals surface area contributed by atoms with Gasteiger partial charge in [0.05, 0.1) is 13.2 Å². The minimum atomic E-state index is -0.542. The van der Waals surface area contributed by atoms with E-state index in [1.807, 2.05) is 0 Å². The largest absolute Gasteiger partial charge is 0.379 e. The Balaban J connectivity index is 2.12. The molecule has 0 atom stereocenters. The average Bonchev–Trinajstić information content (AvgIpc) is 2.62. The highest BCUT2D eigenvalue weighted by atomic mass is 16.5. The van der Waals surface area contributed by atoms with Gasteiger partial charge in [0, 0.05) is 25.2 Å². The molecular weight excluding hydrogens is 210 g/mol. The maximum atomic E-state index is 11.1. The molecule has 1 aromatic rings. The van der Waals surface area contributed by atoms with Crippen LogP contribution in [0.25, 0.3) is 0 Å². The number of aromatic nitrogens is 1. The van der Waals surface area contributed by atoms with Crippen molar-refractivity contribution in [2.24, 2.45) is 5.73 Å². The van der Waals surface area contributed by atoms with Crippen LogP contribution in [0, 0.1) is 6.92 Å². The molecule has 0 bridgehead atoms. The summed E-state index contributed by atoms with van der Waals surface area (Å²) in [4.78, 5) is 13.3. The van der Waals surface area contributed by atoms with Crippen LogP contribution < -0.4 is 5.73 Å². The molecule has 0 unspecified atom stereocenters. The average molecular weight is 225 g/mol. The zero-order valence-electron chi connectivity index (χ0n) is 9.23. The summed E-state index contributed by atoms with van der Waals surface area (Å²) in [6.07, 6.45) is 0.